The fraction of sp³-hybridized carbons (Fsp3) is 0.100. The number of rotatable bonds is 6. The van der Waals surface area contributed by atoms with Crippen molar-refractivity contribution in [2.75, 3.05) is 0 Å². The Morgan fingerprint density at radius 2 is 1.79 bits per heavy atom. The number of nitro groups is 1. The van der Waals surface area contributed by atoms with E-state index in [-0.39, 0.29) is 11.6 Å². The van der Waals surface area contributed by atoms with Gasteiger partial charge in [-0.05, 0) is 49.9 Å². The maximum atomic E-state index is 12.1. The number of aromatic nitrogens is 2. The summed E-state index contributed by atoms with van der Waals surface area (Å²) in [6.07, 6.45) is 1.37. The molecule has 146 valence electrons. The van der Waals surface area contributed by atoms with Gasteiger partial charge in [0.05, 0.1) is 11.1 Å². The smallest absolute Gasteiger partial charge is 0.267 e. The molecule has 0 saturated carbocycles. The van der Waals surface area contributed by atoms with Gasteiger partial charge < -0.3 is 0 Å². The lowest BCUT2D eigenvalue weighted by Gasteiger charge is -2.06. The van der Waals surface area contributed by atoms with E-state index >= 15 is 0 Å². The molecule has 1 heterocycles. The minimum atomic E-state index is -0.484. The predicted molar refractivity (Wildman–Crippen MR) is 110 cm³/mol. The number of amides is 1. The van der Waals surface area contributed by atoms with Crippen LogP contribution in [0.4, 0.5) is 5.69 Å². The van der Waals surface area contributed by atoms with Gasteiger partial charge in [-0.25, -0.2) is 15.4 Å². The fourth-order valence-electron chi connectivity index (χ4n) is 2.50. The molecule has 0 radical (unpaired) electrons. The molecule has 0 aliphatic rings. The van der Waals surface area contributed by atoms with Gasteiger partial charge in [-0.15, -0.1) is 0 Å². The average Bonchev–Trinajstić information content (AvgIpc) is 2.68. The highest BCUT2D eigenvalue weighted by atomic mass is 32.2. The van der Waals surface area contributed by atoms with Crippen LogP contribution in [-0.4, -0.2) is 27.0 Å². The standard InChI is InChI=1S/C20H17N5O3S/c1-13-10-14(2)23-20(22-13)29-18-9-8-17(25(27)28)11-16(18)12-21-24-19(26)15-6-4-3-5-7-15/h3-12H,1-2H3,(H,24,26)/b21-12+. The van der Waals surface area contributed by atoms with Crippen LogP contribution < -0.4 is 5.43 Å². The quantitative estimate of drug-likeness (QED) is 0.287. The number of benzene rings is 2. The number of aryl methyl sites for hydroxylation is 2. The Balaban J connectivity index is 1.85. The lowest BCUT2D eigenvalue weighted by Crippen LogP contribution is -2.17. The number of nitrogens with one attached hydrogen (secondary N) is 1. The van der Waals surface area contributed by atoms with E-state index in [4.69, 9.17) is 0 Å². The van der Waals surface area contributed by atoms with E-state index < -0.39 is 4.92 Å². The maximum Gasteiger partial charge on any atom is 0.271 e. The van der Waals surface area contributed by atoms with Gasteiger partial charge in [0.1, 0.15) is 0 Å². The molecule has 0 atom stereocenters. The van der Waals surface area contributed by atoms with E-state index in [9.17, 15) is 14.9 Å². The molecule has 9 heteroatoms. The Labute approximate surface area is 171 Å². The molecule has 1 N–H and O–H groups in total. The number of hydrazone groups is 1. The van der Waals surface area contributed by atoms with E-state index in [1.54, 1.807) is 30.3 Å². The molecule has 0 saturated heterocycles. The predicted octanol–water partition coefficient (Wildman–Crippen LogP) is 3.92. The lowest BCUT2D eigenvalue weighted by molar-refractivity contribution is -0.384. The Bertz CT molecular complexity index is 1070. The summed E-state index contributed by atoms with van der Waals surface area (Å²) in [4.78, 5) is 32.2. The van der Waals surface area contributed by atoms with E-state index in [0.717, 1.165) is 11.4 Å². The van der Waals surface area contributed by atoms with Crippen LogP contribution in [0.1, 0.15) is 27.3 Å². The molecule has 1 amide bonds. The third kappa shape index (κ3) is 5.45. The van der Waals surface area contributed by atoms with Gasteiger partial charge in [0.15, 0.2) is 5.16 Å². The Morgan fingerprint density at radius 3 is 2.45 bits per heavy atom. The second kappa shape index (κ2) is 9.07. The molecule has 3 rings (SSSR count). The monoisotopic (exact) mass is 407 g/mol. The molecule has 0 bridgehead atoms. The zero-order valence-electron chi connectivity index (χ0n) is 15.7. The molecule has 8 nitrogen and oxygen atoms in total. The summed E-state index contributed by atoms with van der Waals surface area (Å²) in [6.45, 7) is 3.74. The molecule has 2 aromatic carbocycles. The first-order chi connectivity index (χ1) is 13.9. The largest absolute Gasteiger partial charge is 0.271 e. The van der Waals surface area contributed by atoms with Crippen LogP contribution in [0, 0.1) is 24.0 Å². The van der Waals surface area contributed by atoms with Crippen LogP contribution >= 0.6 is 11.8 Å². The Kier molecular flexibility index (Phi) is 6.30. The Morgan fingerprint density at radius 1 is 1.10 bits per heavy atom. The number of nitro benzene ring substituents is 1. The highest BCUT2D eigenvalue weighted by Crippen LogP contribution is 2.30. The number of hydrogen-bond donors (Lipinski definition) is 1. The van der Waals surface area contributed by atoms with Crippen molar-refractivity contribution in [3.05, 3.63) is 87.2 Å². The Hall–Kier alpha value is -3.59. The molecule has 29 heavy (non-hydrogen) atoms. The van der Waals surface area contributed by atoms with Crippen molar-refractivity contribution >= 4 is 29.6 Å². The SMILES string of the molecule is Cc1cc(C)nc(Sc2ccc([N+](=O)[O-])cc2/C=N/NC(=O)c2ccccc2)n1. The molecule has 3 aromatic rings. The van der Waals surface area contributed by atoms with Gasteiger partial charge in [-0.3, -0.25) is 14.9 Å². The number of carbonyl (C=O) groups is 1. The van der Waals surface area contributed by atoms with E-state index in [0.29, 0.717) is 21.2 Å². The molecule has 0 unspecified atom stereocenters. The summed E-state index contributed by atoms with van der Waals surface area (Å²) in [7, 11) is 0. The van der Waals surface area contributed by atoms with Crippen molar-refractivity contribution in [2.24, 2.45) is 5.10 Å². The van der Waals surface area contributed by atoms with Crippen molar-refractivity contribution in [2.45, 2.75) is 23.9 Å². The fourth-order valence-corrected chi connectivity index (χ4v) is 3.44. The van der Waals surface area contributed by atoms with Crippen LogP contribution in [0.2, 0.25) is 0 Å². The molecule has 0 aliphatic heterocycles. The summed E-state index contributed by atoms with van der Waals surface area (Å²) in [5.41, 5.74) is 4.93. The highest BCUT2D eigenvalue weighted by Gasteiger charge is 2.13. The highest BCUT2D eigenvalue weighted by molar-refractivity contribution is 7.99. The van der Waals surface area contributed by atoms with Crippen LogP contribution in [0.3, 0.4) is 0 Å². The molecule has 0 fully saturated rings. The van der Waals surface area contributed by atoms with Crippen molar-refractivity contribution in [3.8, 4) is 0 Å². The molecule has 0 spiro atoms. The number of hydrogen-bond acceptors (Lipinski definition) is 7. The number of non-ortho nitro benzene ring substituents is 1. The first-order valence-electron chi connectivity index (χ1n) is 8.59. The van der Waals surface area contributed by atoms with Gasteiger partial charge in [-0.1, -0.05) is 18.2 Å². The van der Waals surface area contributed by atoms with Crippen LogP contribution in [0.25, 0.3) is 0 Å². The van der Waals surface area contributed by atoms with E-state index in [1.807, 2.05) is 26.0 Å². The molecular weight excluding hydrogens is 390 g/mol. The summed E-state index contributed by atoms with van der Waals surface area (Å²) < 4.78 is 0. The van der Waals surface area contributed by atoms with Crippen LogP contribution in [0.5, 0.6) is 0 Å². The van der Waals surface area contributed by atoms with Crippen molar-refractivity contribution in [1.29, 1.82) is 0 Å². The van der Waals surface area contributed by atoms with Gasteiger partial charge >= 0.3 is 0 Å². The summed E-state index contributed by atoms with van der Waals surface area (Å²) in [5, 5.41) is 15.6. The zero-order chi connectivity index (χ0) is 20.8. The molecule has 1 aromatic heterocycles. The maximum absolute atomic E-state index is 12.1. The van der Waals surface area contributed by atoms with Gasteiger partial charge in [0.2, 0.25) is 0 Å². The second-order valence-corrected chi connectivity index (χ2v) is 7.09. The molecule has 0 aliphatic carbocycles. The van der Waals surface area contributed by atoms with Crippen LogP contribution in [-0.2, 0) is 0 Å². The van der Waals surface area contributed by atoms with Gasteiger partial charge in [0, 0.05) is 39.5 Å². The lowest BCUT2D eigenvalue weighted by atomic mass is 10.2. The van der Waals surface area contributed by atoms with Crippen molar-refractivity contribution < 1.29 is 9.72 Å². The van der Waals surface area contributed by atoms with Gasteiger partial charge in [0.25, 0.3) is 11.6 Å². The number of carbonyl (C=O) groups excluding carboxylic acids is 1. The van der Waals surface area contributed by atoms with E-state index in [2.05, 4.69) is 20.5 Å². The second-order valence-electron chi connectivity index (χ2n) is 6.08. The van der Waals surface area contributed by atoms with Gasteiger partial charge in [-0.2, -0.15) is 5.10 Å². The first kappa shape index (κ1) is 20.2. The van der Waals surface area contributed by atoms with Crippen molar-refractivity contribution in [3.63, 3.8) is 0 Å². The summed E-state index contributed by atoms with van der Waals surface area (Å²) in [5.74, 6) is -0.376. The topological polar surface area (TPSA) is 110 Å². The summed E-state index contributed by atoms with van der Waals surface area (Å²) >= 11 is 1.27. The van der Waals surface area contributed by atoms with E-state index in [1.165, 1.54) is 30.1 Å². The normalized spacial score (nSPS) is 10.8. The van der Waals surface area contributed by atoms with Crippen molar-refractivity contribution in [1.82, 2.24) is 15.4 Å². The van der Waals surface area contributed by atoms with Crippen LogP contribution in [0.15, 0.2) is 69.8 Å². The zero-order valence-corrected chi connectivity index (χ0v) is 16.5. The minimum Gasteiger partial charge on any atom is -0.267 e. The minimum absolute atomic E-state index is 0.0773. The molecular formula is C20H17N5O3S. The number of nitrogens with zero attached hydrogens (tertiary/aromatic N) is 4. The third-order valence-electron chi connectivity index (χ3n) is 3.77. The first-order valence-corrected chi connectivity index (χ1v) is 9.41. The third-order valence-corrected chi connectivity index (χ3v) is 4.73. The average molecular weight is 407 g/mol. The summed E-state index contributed by atoms with van der Waals surface area (Å²) in [6, 6.07) is 14.9.